The molecule has 4 rings (SSSR count). The molecular formula is C17H12ClN3OS. The van der Waals surface area contributed by atoms with Crippen molar-refractivity contribution in [1.82, 2.24) is 9.36 Å². The molecule has 4 nitrogen and oxygen atoms in total. The van der Waals surface area contributed by atoms with Crippen LogP contribution in [-0.4, -0.2) is 15.3 Å². The number of fused-ring (bicyclic) bond motifs is 1. The molecule has 1 atom stereocenters. The van der Waals surface area contributed by atoms with Crippen LogP contribution in [0.1, 0.15) is 22.8 Å². The van der Waals surface area contributed by atoms with Gasteiger partial charge >= 0.3 is 0 Å². The Morgan fingerprint density at radius 3 is 2.78 bits per heavy atom. The normalized spacial score (nSPS) is 16.7. The van der Waals surface area contributed by atoms with E-state index in [4.69, 9.17) is 11.6 Å². The summed E-state index contributed by atoms with van der Waals surface area (Å²) >= 11 is 7.38. The number of hydrogen-bond donors (Lipinski definition) is 1. The van der Waals surface area contributed by atoms with Crippen LogP contribution in [0.5, 0.6) is 0 Å². The van der Waals surface area contributed by atoms with Crippen LogP contribution < -0.4 is 5.32 Å². The molecule has 1 N–H and O–H groups in total. The van der Waals surface area contributed by atoms with Gasteiger partial charge < -0.3 is 5.32 Å². The molecule has 1 unspecified atom stereocenters. The molecule has 0 spiro atoms. The number of benzene rings is 1. The van der Waals surface area contributed by atoms with E-state index in [1.54, 1.807) is 6.20 Å². The minimum Gasteiger partial charge on any atom is -0.323 e. The number of halogens is 1. The predicted molar refractivity (Wildman–Crippen MR) is 91.9 cm³/mol. The summed E-state index contributed by atoms with van der Waals surface area (Å²) in [6.07, 6.45) is 3.97. The highest BCUT2D eigenvalue weighted by atomic mass is 35.5. The monoisotopic (exact) mass is 341 g/mol. The van der Waals surface area contributed by atoms with Crippen LogP contribution >= 0.6 is 23.1 Å². The molecule has 0 saturated carbocycles. The molecule has 23 heavy (non-hydrogen) atoms. The van der Waals surface area contributed by atoms with E-state index in [0.29, 0.717) is 11.4 Å². The number of hydrogen-bond acceptors (Lipinski definition) is 4. The molecule has 1 amide bonds. The third-order valence-electron chi connectivity index (χ3n) is 3.89. The molecular weight excluding hydrogens is 330 g/mol. The standard InChI is InChI=1S/C17H12ClN3OS/c18-12-5-3-10(4-6-12)15-16-17(23-21-15)13(8-14(22)20-16)11-2-1-7-19-9-11/h1-7,9,13H,8H2,(H,20,22). The van der Waals surface area contributed by atoms with Crippen LogP contribution in [0.15, 0.2) is 48.8 Å². The van der Waals surface area contributed by atoms with Gasteiger partial charge in [-0.3, -0.25) is 9.78 Å². The van der Waals surface area contributed by atoms with Gasteiger partial charge in [-0.25, -0.2) is 0 Å². The predicted octanol–water partition coefficient (Wildman–Crippen LogP) is 4.33. The average Bonchev–Trinajstić information content (AvgIpc) is 2.99. The zero-order valence-corrected chi connectivity index (χ0v) is 13.6. The number of rotatable bonds is 2. The van der Waals surface area contributed by atoms with Crippen LogP contribution in [0.2, 0.25) is 5.02 Å². The van der Waals surface area contributed by atoms with Crippen molar-refractivity contribution in [2.45, 2.75) is 12.3 Å². The van der Waals surface area contributed by atoms with Crippen LogP contribution in [-0.2, 0) is 4.79 Å². The first-order valence-electron chi connectivity index (χ1n) is 7.17. The van der Waals surface area contributed by atoms with E-state index < -0.39 is 0 Å². The van der Waals surface area contributed by atoms with Crippen molar-refractivity contribution < 1.29 is 4.79 Å². The second-order valence-electron chi connectivity index (χ2n) is 5.37. The van der Waals surface area contributed by atoms with Crippen molar-refractivity contribution in [3.63, 3.8) is 0 Å². The van der Waals surface area contributed by atoms with Gasteiger partial charge in [0, 0.05) is 35.3 Å². The van der Waals surface area contributed by atoms with Gasteiger partial charge in [0.2, 0.25) is 5.91 Å². The number of carbonyl (C=O) groups excluding carboxylic acids is 1. The second kappa shape index (κ2) is 5.76. The Hall–Kier alpha value is -2.24. The highest BCUT2D eigenvalue weighted by molar-refractivity contribution is 7.07. The second-order valence-corrected chi connectivity index (χ2v) is 6.61. The first-order valence-corrected chi connectivity index (χ1v) is 8.33. The molecule has 1 aliphatic rings. The van der Waals surface area contributed by atoms with Gasteiger partial charge in [-0.2, -0.15) is 4.37 Å². The number of carbonyl (C=O) groups is 1. The number of amides is 1. The minimum atomic E-state index is 0.00164. The van der Waals surface area contributed by atoms with E-state index in [9.17, 15) is 4.79 Å². The summed E-state index contributed by atoms with van der Waals surface area (Å²) < 4.78 is 4.57. The molecule has 0 bridgehead atoms. The van der Waals surface area contributed by atoms with Crippen LogP contribution in [0.3, 0.4) is 0 Å². The molecule has 0 saturated heterocycles. The fourth-order valence-corrected chi connectivity index (χ4v) is 3.88. The summed E-state index contributed by atoms with van der Waals surface area (Å²) in [5.41, 5.74) is 3.58. The van der Waals surface area contributed by atoms with E-state index in [0.717, 1.165) is 27.4 Å². The Kier molecular flexibility index (Phi) is 3.59. The lowest BCUT2D eigenvalue weighted by Gasteiger charge is -2.22. The van der Waals surface area contributed by atoms with Crippen molar-refractivity contribution in [2.24, 2.45) is 0 Å². The van der Waals surface area contributed by atoms with Crippen LogP contribution in [0.25, 0.3) is 11.3 Å². The fraction of sp³-hybridized carbons (Fsp3) is 0.118. The van der Waals surface area contributed by atoms with E-state index in [1.807, 2.05) is 42.6 Å². The summed E-state index contributed by atoms with van der Waals surface area (Å²) in [4.78, 5) is 17.4. The van der Waals surface area contributed by atoms with E-state index >= 15 is 0 Å². The van der Waals surface area contributed by atoms with Gasteiger partial charge in [0.05, 0.1) is 10.6 Å². The largest absolute Gasteiger partial charge is 0.323 e. The molecule has 6 heteroatoms. The Bertz CT molecular complexity index is 861. The van der Waals surface area contributed by atoms with Gasteiger partial charge in [-0.1, -0.05) is 29.8 Å². The maximum absolute atomic E-state index is 12.2. The number of aromatic nitrogens is 2. The number of nitrogens with zero attached hydrogens (tertiary/aromatic N) is 2. The zero-order valence-electron chi connectivity index (χ0n) is 12.0. The molecule has 2 aromatic heterocycles. The Morgan fingerprint density at radius 2 is 2.04 bits per heavy atom. The first-order chi connectivity index (χ1) is 11.2. The molecule has 3 heterocycles. The summed E-state index contributed by atoms with van der Waals surface area (Å²) in [5, 5.41) is 3.65. The molecule has 0 aliphatic carbocycles. The number of pyridine rings is 1. The van der Waals surface area contributed by atoms with Gasteiger partial charge in [-0.05, 0) is 35.3 Å². The lowest BCUT2D eigenvalue weighted by atomic mass is 9.90. The number of anilines is 1. The summed E-state index contributed by atoms with van der Waals surface area (Å²) in [7, 11) is 0. The molecule has 0 radical (unpaired) electrons. The zero-order chi connectivity index (χ0) is 15.8. The SMILES string of the molecule is O=C1CC(c2cccnc2)c2snc(-c3ccc(Cl)cc3)c2N1. The quantitative estimate of drug-likeness (QED) is 0.754. The minimum absolute atomic E-state index is 0.00164. The molecule has 1 aliphatic heterocycles. The lowest BCUT2D eigenvalue weighted by molar-refractivity contribution is -0.116. The maximum Gasteiger partial charge on any atom is 0.225 e. The topological polar surface area (TPSA) is 54.9 Å². The third-order valence-corrected chi connectivity index (χ3v) is 5.10. The van der Waals surface area contributed by atoms with Crippen molar-refractivity contribution in [3.05, 3.63) is 64.3 Å². The van der Waals surface area contributed by atoms with Crippen molar-refractivity contribution in [2.75, 3.05) is 5.32 Å². The van der Waals surface area contributed by atoms with Gasteiger partial charge in [-0.15, -0.1) is 0 Å². The summed E-state index contributed by atoms with van der Waals surface area (Å²) in [6, 6.07) is 11.4. The molecule has 1 aromatic carbocycles. The molecule has 3 aromatic rings. The van der Waals surface area contributed by atoms with Crippen LogP contribution in [0.4, 0.5) is 5.69 Å². The van der Waals surface area contributed by atoms with Crippen molar-refractivity contribution >= 4 is 34.7 Å². The van der Waals surface area contributed by atoms with Gasteiger partial charge in [0.25, 0.3) is 0 Å². The maximum atomic E-state index is 12.2. The number of nitrogens with one attached hydrogen (secondary N) is 1. The van der Waals surface area contributed by atoms with Crippen molar-refractivity contribution in [1.29, 1.82) is 0 Å². The van der Waals surface area contributed by atoms with E-state index in [2.05, 4.69) is 14.7 Å². The van der Waals surface area contributed by atoms with Crippen LogP contribution in [0, 0.1) is 0 Å². The van der Waals surface area contributed by atoms with Gasteiger partial charge in [0.15, 0.2) is 0 Å². The first kappa shape index (κ1) is 14.4. The van der Waals surface area contributed by atoms with Gasteiger partial charge in [0.1, 0.15) is 5.69 Å². The third kappa shape index (κ3) is 2.62. The Morgan fingerprint density at radius 1 is 1.22 bits per heavy atom. The Labute approximate surface area is 142 Å². The van der Waals surface area contributed by atoms with E-state index in [-0.39, 0.29) is 11.8 Å². The lowest BCUT2D eigenvalue weighted by Crippen LogP contribution is -2.22. The van der Waals surface area contributed by atoms with E-state index in [1.165, 1.54) is 11.5 Å². The smallest absolute Gasteiger partial charge is 0.225 e. The fourth-order valence-electron chi connectivity index (χ4n) is 2.79. The molecule has 0 fully saturated rings. The summed E-state index contributed by atoms with van der Waals surface area (Å²) in [5.74, 6) is 0.00719. The van der Waals surface area contributed by atoms with Crippen molar-refractivity contribution in [3.8, 4) is 11.3 Å². The molecule has 114 valence electrons. The highest BCUT2D eigenvalue weighted by Crippen LogP contribution is 2.44. The Balaban J connectivity index is 1.81. The summed E-state index contributed by atoms with van der Waals surface area (Å²) in [6.45, 7) is 0. The highest BCUT2D eigenvalue weighted by Gasteiger charge is 2.31. The average molecular weight is 342 g/mol.